The van der Waals surface area contributed by atoms with Crippen molar-refractivity contribution in [1.29, 1.82) is 0 Å². The minimum absolute atomic E-state index is 0.114. The molecule has 0 spiro atoms. The number of carboxylic acid groups (broad SMARTS) is 1. The minimum atomic E-state index is -1.00. The first-order chi connectivity index (χ1) is 7.50. The minimum Gasteiger partial charge on any atom is -0.481 e. The molecule has 1 aliphatic rings. The van der Waals surface area contributed by atoms with Crippen LogP contribution in [0.2, 0.25) is 0 Å². The van der Waals surface area contributed by atoms with E-state index in [-0.39, 0.29) is 19.1 Å². The molecule has 0 radical (unpaired) electrons. The Morgan fingerprint density at radius 3 is 2.88 bits per heavy atom. The van der Waals surface area contributed by atoms with Gasteiger partial charge in [0.15, 0.2) is 0 Å². The third-order valence-electron chi connectivity index (χ3n) is 2.81. The zero-order valence-corrected chi connectivity index (χ0v) is 10.3. The van der Waals surface area contributed by atoms with Crippen LogP contribution in [0.5, 0.6) is 0 Å². The lowest BCUT2D eigenvalue weighted by Gasteiger charge is -2.25. The van der Waals surface area contributed by atoms with Gasteiger partial charge in [0, 0.05) is 12.2 Å². The van der Waals surface area contributed by atoms with Crippen LogP contribution in [0, 0.1) is 5.41 Å². The lowest BCUT2D eigenvalue weighted by Crippen LogP contribution is -2.49. The second-order valence-electron chi connectivity index (χ2n) is 4.10. The maximum atomic E-state index is 11.5. The fraction of sp³-hybridized carbons (Fsp3) is 0.800. The number of amides is 1. The summed E-state index contributed by atoms with van der Waals surface area (Å²) >= 11 is 1.59. The molecule has 0 saturated carbocycles. The summed E-state index contributed by atoms with van der Waals surface area (Å²) in [4.78, 5) is 22.6. The van der Waals surface area contributed by atoms with Crippen LogP contribution in [0.1, 0.15) is 13.3 Å². The number of nitrogens with one attached hydrogen (secondary N) is 1. The van der Waals surface area contributed by atoms with Crippen LogP contribution in [-0.4, -0.2) is 48.2 Å². The molecule has 5 nitrogen and oxygen atoms in total. The molecule has 2 N–H and O–H groups in total. The number of carboxylic acids is 1. The Hall–Kier alpha value is -0.750. The lowest BCUT2D eigenvalue weighted by atomic mass is 9.85. The topological polar surface area (TPSA) is 75.6 Å². The van der Waals surface area contributed by atoms with Crippen molar-refractivity contribution in [3.8, 4) is 0 Å². The summed E-state index contributed by atoms with van der Waals surface area (Å²) in [6.07, 6.45) is 2.33. The third kappa shape index (κ3) is 2.89. The standard InChI is InChI=1S/C10H17NO4S/c1-10(9(13)14)6-15-5-7(10)11-8(12)3-4-16-2/h7H,3-6H2,1-2H3,(H,11,12)(H,13,14). The highest BCUT2D eigenvalue weighted by atomic mass is 32.2. The van der Waals surface area contributed by atoms with Crippen molar-refractivity contribution in [2.75, 3.05) is 25.2 Å². The van der Waals surface area contributed by atoms with Crippen molar-refractivity contribution in [3.05, 3.63) is 0 Å². The van der Waals surface area contributed by atoms with Gasteiger partial charge in [-0.25, -0.2) is 0 Å². The summed E-state index contributed by atoms with van der Waals surface area (Å²) in [5.74, 6) is -0.305. The van der Waals surface area contributed by atoms with Crippen LogP contribution >= 0.6 is 11.8 Å². The zero-order valence-electron chi connectivity index (χ0n) is 9.49. The first-order valence-electron chi connectivity index (χ1n) is 5.10. The first-order valence-corrected chi connectivity index (χ1v) is 6.49. The molecular weight excluding hydrogens is 230 g/mol. The average Bonchev–Trinajstić information content (AvgIpc) is 2.59. The van der Waals surface area contributed by atoms with Gasteiger partial charge in [-0.1, -0.05) is 0 Å². The second kappa shape index (κ2) is 5.54. The fourth-order valence-electron chi connectivity index (χ4n) is 1.55. The largest absolute Gasteiger partial charge is 0.481 e. The molecule has 2 unspecified atom stereocenters. The Labute approximate surface area is 98.9 Å². The van der Waals surface area contributed by atoms with Gasteiger partial charge in [0.25, 0.3) is 0 Å². The van der Waals surface area contributed by atoms with Crippen molar-refractivity contribution in [1.82, 2.24) is 5.32 Å². The quantitative estimate of drug-likeness (QED) is 0.733. The van der Waals surface area contributed by atoms with E-state index < -0.39 is 17.4 Å². The van der Waals surface area contributed by atoms with E-state index >= 15 is 0 Å². The Morgan fingerprint density at radius 1 is 1.62 bits per heavy atom. The fourth-order valence-corrected chi connectivity index (χ4v) is 1.94. The summed E-state index contributed by atoms with van der Waals surface area (Å²) in [6, 6.07) is -0.431. The maximum Gasteiger partial charge on any atom is 0.313 e. The number of aliphatic carboxylic acids is 1. The normalized spacial score (nSPS) is 29.0. The van der Waals surface area contributed by atoms with Crippen molar-refractivity contribution in [2.24, 2.45) is 5.41 Å². The summed E-state index contributed by atoms with van der Waals surface area (Å²) in [5.41, 5.74) is -1.00. The van der Waals surface area contributed by atoms with Gasteiger partial charge in [0.1, 0.15) is 5.41 Å². The Morgan fingerprint density at radius 2 is 2.31 bits per heavy atom. The SMILES string of the molecule is CSCCC(=O)NC1COCC1(C)C(=O)O. The molecule has 0 aliphatic carbocycles. The van der Waals surface area contributed by atoms with Gasteiger partial charge in [-0.2, -0.15) is 11.8 Å². The van der Waals surface area contributed by atoms with Gasteiger partial charge in [-0.3, -0.25) is 9.59 Å². The van der Waals surface area contributed by atoms with Gasteiger partial charge in [0.05, 0.1) is 19.3 Å². The summed E-state index contributed by atoms with van der Waals surface area (Å²) in [5, 5.41) is 11.8. The van der Waals surface area contributed by atoms with E-state index in [1.807, 2.05) is 6.26 Å². The van der Waals surface area contributed by atoms with Crippen molar-refractivity contribution in [3.63, 3.8) is 0 Å². The molecule has 1 amide bonds. The third-order valence-corrected chi connectivity index (χ3v) is 3.42. The van der Waals surface area contributed by atoms with E-state index in [1.54, 1.807) is 18.7 Å². The molecule has 16 heavy (non-hydrogen) atoms. The molecule has 2 atom stereocenters. The van der Waals surface area contributed by atoms with E-state index in [0.29, 0.717) is 6.42 Å². The smallest absolute Gasteiger partial charge is 0.313 e. The summed E-state index contributed by atoms with van der Waals surface area (Å²) < 4.78 is 5.14. The average molecular weight is 247 g/mol. The summed E-state index contributed by atoms with van der Waals surface area (Å²) in [7, 11) is 0. The number of carbonyl (C=O) groups excluding carboxylic acids is 1. The number of rotatable bonds is 5. The van der Waals surface area contributed by atoms with Gasteiger partial charge in [0.2, 0.25) is 5.91 Å². The van der Waals surface area contributed by atoms with E-state index in [2.05, 4.69) is 5.32 Å². The van der Waals surface area contributed by atoms with Gasteiger partial charge < -0.3 is 15.2 Å². The highest BCUT2D eigenvalue weighted by Crippen LogP contribution is 2.28. The van der Waals surface area contributed by atoms with E-state index in [1.165, 1.54) is 0 Å². The molecule has 1 saturated heterocycles. The molecule has 1 aliphatic heterocycles. The molecule has 0 aromatic heterocycles. The van der Waals surface area contributed by atoms with E-state index in [4.69, 9.17) is 9.84 Å². The van der Waals surface area contributed by atoms with Crippen LogP contribution < -0.4 is 5.32 Å². The molecule has 92 valence electrons. The zero-order chi connectivity index (χ0) is 12.2. The Kier molecular flexibility index (Phi) is 4.61. The first kappa shape index (κ1) is 13.3. The lowest BCUT2D eigenvalue weighted by molar-refractivity contribution is -0.149. The van der Waals surface area contributed by atoms with Gasteiger partial charge >= 0.3 is 5.97 Å². The van der Waals surface area contributed by atoms with Crippen molar-refractivity contribution >= 4 is 23.6 Å². The Balaban J connectivity index is 2.53. The van der Waals surface area contributed by atoms with Crippen LogP contribution in [0.4, 0.5) is 0 Å². The van der Waals surface area contributed by atoms with E-state index in [0.717, 1.165) is 5.75 Å². The molecule has 1 fully saturated rings. The second-order valence-corrected chi connectivity index (χ2v) is 5.09. The van der Waals surface area contributed by atoms with Gasteiger partial charge in [-0.15, -0.1) is 0 Å². The summed E-state index contributed by atoms with van der Waals surface area (Å²) in [6.45, 7) is 2.02. The maximum absolute atomic E-state index is 11.5. The molecule has 0 aromatic rings. The molecule has 0 aromatic carbocycles. The van der Waals surface area contributed by atoms with Crippen LogP contribution in [0.3, 0.4) is 0 Å². The van der Waals surface area contributed by atoms with Crippen molar-refractivity contribution in [2.45, 2.75) is 19.4 Å². The van der Waals surface area contributed by atoms with Crippen LogP contribution in [0.25, 0.3) is 0 Å². The number of hydrogen-bond acceptors (Lipinski definition) is 4. The number of carbonyl (C=O) groups is 2. The molecule has 6 heteroatoms. The Bertz CT molecular complexity index is 284. The number of hydrogen-bond donors (Lipinski definition) is 2. The molecule has 0 bridgehead atoms. The highest BCUT2D eigenvalue weighted by Gasteiger charge is 2.47. The predicted octanol–water partition coefficient (Wildman–Crippen LogP) is 0.345. The predicted molar refractivity (Wildman–Crippen MR) is 61.5 cm³/mol. The molecule has 1 rings (SSSR count). The molecule has 1 heterocycles. The molecular formula is C10H17NO4S. The van der Waals surface area contributed by atoms with E-state index in [9.17, 15) is 9.59 Å². The van der Waals surface area contributed by atoms with Crippen LogP contribution in [-0.2, 0) is 14.3 Å². The number of ether oxygens (including phenoxy) is 1. The van der Waals surface area contributed by atoms with Crippen molar-refractivity contribution < 1.29 is 19.4 Å². The van der Waals surface area contributed by atoms with Crippen LogP contribution in [0.15, 0.2) is 0 Å². The monoisotopic (exact) mass is 247 g/mol. The number of thioether (sulfide) groups is 1. The van der Waals surface area contributed by atoms with Gasteiger partial charge in [-0.05, 0) is 13.2 Å². The highest BCUT2D eigenvalue weighted by molar-refractivity contribution is 7.98.